The molecule has 1 atom stereocenters. The maximum Gasteiger partial charge on any atom is 0.269 e. The largest absolute Gasteiger partial charge is 0.365 e. The molecule has 10 heteroatoms. The van der Waals surface area contributed by atoms with Crippen LogP contribution in [0.5, 0.6) is 0 Å². The second-order valence-corrected chi connectivity index (χ2v) is 8.24. The summed E-state index contributed by atoms with van der Waals surface area (Å²) in [7, 11) is 1.56. The van der Waals surface area contributed by atoms with Gasteiger partial charge in [-0.15, -0.1) is 0 Å². The molecule has 1 aliphatic heterocycles. The van der Waals surface area contributed by atoms with Crippen LogP contribution in [0.2, 0.25) is 0 Å². The Labute approximate surface area is 190 Å². The number of H-pyrrole nitrogens is 1. The highest BCUT2D eigenvalue weighted by molar-refractivity contribution is 5.92. The van der Waals surface area contributed by atoms with Crippen LogP contribution in [0.3, 0.4) is 0 Å². The van der Waals surface area contributed by atoms with Crippen molar-refractivity contribution in [1.82, 2.24) is 25.2 Å². The van der Waals surface area contributed by atoms with Crippen LogP contribution in [0.25, 0.3) is 11.0 Å². The van der Waals surface area contributed by atoms with Crippen LogP contribution < -0.4 is 15.8 Å². The Morgan fingerprint density at radius 3 is 2.67 bits per heavy atom. The number of amides is 1. The monoisotopic (exact) mass is 452 g/mol. The normalized spacial score (nSPS) is 17.4. The number of rotatable bonds is 5. The summed E-state index contributed by atoms with van der Waals surface area (Å²) in [4.78, 5) is 38.9. The number of aromatic amines is 1. The molecule has 174 valence electrons. The summed E-state index contributed by atoms with van der Waals surface area (Å²) in [5.74, 6) is -2.50. The van der Waals surface area contributed by atoms with Gasteiger partial charge < -0.3 is 25.4 Å². The molecule has 4 rings (SSSR count). The van der Waals surface area contributed by atoms with Crippen molar-refractivity contribution in [2.75, 3.05) is 31.6 Å². The van der Waals surface area contributed by atoms with Crippen molar-refractivity contribution in [3.05, 3.63) is 63.8 Å². The standard InChI is InChI=1S/C23H28N6O4/c1-4-15-9-19-20(27-21(15)30)10-16(11-25-19)23(32,33)28-7-8-29(14(2)13-28)17-5-6-18(26-12-17)22(31)24-3/h5-6,9-12,14,32-33H,4,7-8,13H2,1-3H3,(H,24,31)(H,27,30)/t14-/m0/s1. The fraction of sp³-hybridized carbons (Fsp3) is 0.391. The third-order valence-corrected chi connectivity index (χ3v) is 6.15. The first-order valence-corrected chi connectivity index (χ1v) is 10.9. The molecule has 4 N–H and O–H groups in total. The van der Waals surface area contributed by atoms with E-state index in [0.29, 0.717) is 48.3 Å². The molecule has 1 fully saturated rings. The van der Waals surface area contributed by atoms with Crippen LogP contribution in [0.4, 0.5) is 5.69 Å². The Morgan fingerprint density at radius 2 is 2.03 bits per heavy atom. The molecule has 0 spiro atoms. The Hall–Kier alpha value is -3.34. The van der Waals surface area contributed by atoms with Gasteiger partial charge >= 0.3 is 0 Å². The van der Waals surface area contributed by atoms with Gasteiger partial charge in [0.25, 0.3) is 17.4 Å². The number of pyridine rings is 3. The topological polar surface area (TPSA) is 135 Å². The van der Waals surface area contributed by atoms with Gasteiger partial charge in [0, 0.05) is 50.0 Å². The van der Waals surface area contributed by atoms with E-state index in [-0.39, 0.29) is 23.1 Å². The Balaban J connectivity index is 1.53. The molecule has 3 aromatic rings. The molecule has 10 nitrogen and oxygen atoms in total. The molecular weight excluding hydrogens is 424 g/mol. The zero-order valence-electron chi connectivity index (χ0n) is 18.9. The van der Waals surface area contributed by atoms with Gasteiger partial charge in [-0.2, -0.15) is 0 Å². The number of aliphatic hydroxyl groups is 2. The number of anilines is 1. The van der Waals surface area contributed by atoms with Crippen molar-refractivity contribution in [3.63, 3.8) is 0 Å². The van der Waals surface area contributed by atoms with E-state index in [1.54, 1.807) is 36.3 Å². The van der Waals surface area contributed by atoms with Crippen LogP contribution in [0.15, 0.2) is 41.5 Å². The summed E-state index contributed by atoms with van der Waals surface area (Å²) >= 11 is 0. The summed E-state index contributed by atoms with van der Waals surface area (Å²) in [6, 6.07) is 6.73. The summed E-state index contributed by atoms with van der Waals surface area (Å²) in [6.07, 6.45) is 3.67. The first-order chi connectivity index (χ1) is 15.7. The van der Waals surface area contributed by atoms with Gasteiger partial charge in [0.05, 0.1) is 22.9 Å². The van der Waals surface area contributed by atoms with Gasteiger partial charge in [-0.05, 0) is 37.6 Å². The predicted molar refractivity (Wildman–Crippen MR) is 124 cm³/mol. The van der Waals surface area contributed by atoms with Gasteiger partial charge in [-0.3, -0.25) is 14.6 Å². The third-order valence-electron chi connectivity index (χ3n) is 6.15. The number of fused-ring (bicyclic) bond motifs is 1. The van der Waals surface area contributed by atoms with E-state index in [1.165, 1.54) is 6.20 Å². The molecule has 1 saturated heterocycles. The van der Waals surface area contributed by atoms with Crippen LogP contribution in [0.1, 0.15) is 35.5 Å². The maximum atomic E-state index is 12.2. The number of carbonyl (C=O) groups is 1. The molecule has 33 heavy (non-hydrogen) atoms. The zero-order valence-corrected chi connectivity index (χ0v) is 18.9. The number of aryl methyl sites for hydroxylation is 1. The predicted octanol–water partition coefficient (Wildman–Crippen LogP) is 0.546. The van der Waals surface area contributed by atoms with Crippen molar-refractivity contribution >= 4 is 22.6 Å². The molecule has 0 saturated carbocycles. The lowest BCUT2D eigenvalue weighted by molar-refractivity contribution is -0.278. The van der Waals surface area contributed by atoms with Gasteiger partial charge in [-0.25, -0.2) is 9.88 Å². The molecule has 1 amide bonds. The Morgan fingerprint density at radius 1 is 1.24 bits per heavy atom. The molecule has 0 radical (unpaired) electrons. The van der Waals surface area contributed by atoms with E-state index in [1.807, 2.05) is 19.9 Å². The fourth-order valence-electron chi connectivity index (χ4n) is 4.20. The molecule has 4 heterocycles. The number of aromatic nitrogens is 3. The van der Waals surface area contributed by atoms with Crippen LogP contribution >= 0.6 is 0 Å². The lowest BCUT2D eigenvalue weighted by atomic mass is 10.1. The zero-order chi connectivity index (χ0) is 23.8. The van der Waals surface area contributed by atoms with E-state index in [9.17, 15) is 19.8 Å². The molecule has 0 bridgehead atoms. The quantitative estimate of drug-likeness (QED) is 0.412. The molecule has 0 unspecified atom stereocenters. The third kappa shape index (κ3) is 4.32. The highest BCUT2D eigenvalue weighted by Gasteiger charge is 2.39. The minimum atomic E-state index is -2.25. The highest BCUT2D eigenvalue weighted by Crippen LogP contribution is 2.29. The molecule has 0 aliphatic carbocycles. The summed E-state index contributed by atoms with van der Waals surface area (Å²) < 4.78 is 0. The van der Waals surface area contributed by atoms with E-state index in [4.69, 9.17) is 0 Å². The fourth-order valence-corrected chi connectivity index (χ4v) is 4.20. The van der Waals surface area contributed by atoms with Crippen LogP contribution in [-0.4, -0.2) is 68.7 Å². The van der Waals surface area contributed by atoms with Crippen molar-refractivity contribution in [2.45, 2.75) is 32.2 Å². The average Bonchev–Trinajstić information content (AvgIpc) is 2.82. The van der Waals surface area contributed by atoms with Gasteiger partial charge in [0.1, 0.15) is 5.69 Å². The Kier molecular flexibility index (Phi) is 6.15. The smallest absolute Gasteiger partial charge is 0.269 e. The SMILES string of the molecule is CCc1cc2ncc(C(O)(O)N3CCN(c4ccc(C(=O)NC)nc4)[C@@H](C)C3)cc2[nH]c1=O. The second kappa shape index (κ2) is 8.89. The summed E-state index contributed by atoms with van der Waals surface area (Å²) in [6.45, 7) is 5.15. The van der Waals surface area contributed by atoms with Crippen LogP contribution in [0, 0.1) is 0 Å². The second-order valence-electron chi connectivity index (χ2n) is 8.24. The molecule has 3 aromatic heterocycles. The average molecular weight is 453 g/mol. The van der Waals surface area contributed by atoms with Gasteiger partial charge in [0.15, 0.2) is 0 Å². The molecule has 0 aromatic carbocycles. The van der Waals surface area contributed by atoms with E-state index < -0.39 is 5.91 Å². The van der Waals surface area contributed by atoms with Crippen molar-refractivity contribution in [1.29, 1.82) is 0 Å². The van der Waals surface area contributed by atoms with E-state index in [0.717, 1.165) is 5.69 Å². The lowest BCUT2D eigenvalue weighted by Crippen LogP contribution is -2.59. The van der Waals surface area contributed by atoms with Crippen molar-refractivity contribution in [3.8, 4) is 0 Å². The highest BCUT2D eigenvalue weighted by atomic mass is 16.5. The molecular formula is C23H28N6O4. The first kappa shape index (κ1) is 22.8. The number of nitrogens with one attached hydrogen (secondary N) is 2. The van der Waals surface area contributed by atoms with Gasteiger partial charge in [0.2, 0.25) is 0 Å². The van der Waals surface area contributed by atoms with E-state index in [2.05, 4.69) is 25.2 Å². The van der Waals surface area contributed by atoms with Crippen molar-refractivity contribution in [2.24, 2.45) is 0 Å². The van der Waals surface area contributed by atoms with Crippen LogP contribution in [-0.2, 0) is 12.3 Å². The first-order valence-electron chi connectivity index (χ1n) is 10.9. The van der Waals surface area contributed by atoms with Gasteiger partial charge in [-0.1, -0.05) is 6.92 Å². The minimum absolute atomic E-state index is 0.0505. The number of carbonyl (C=O) groups excluding carboxylic acids is 1. The molecule has 1 aliphatic rings. The Bertz CT molecular complexity index is 1220. The summed E-state index contributed by atoms with van der Waals surface area (Å²) in [5, 5.41) is 24.6. The van der Waals surface area contributed by atoms with Crippen molar-refractivity contribution < 1.29 is 15.0 Å². The number of nitrogens with zero attached hydrogens (tertiary/aromatic N) is 4. The minimum Gasteiger partial charge on any atom is -0.365 e. The number of piperazine rings is 1. The number of hydrogen-bond acceptors (Lipinski definition) is 8. The lowest BCUT2D eigenvalue weighted by Gasteiger charge is -2.45. The van der Waals surface area contributed by atoms with E-state index >= 15 is 0 Å². The number of hydrogen-bond donors (Lipinski definition) is 4. The maximum absolute atomic E-state index is 12.2. The summed E-state index contributed by atoms with van der Waals surface area (Å²) in [5.41, 5.74) is 2.85.